The molecule has 0 atom stereocenters. The third kappa shape index (κ3) is 3.46. The fourth-order valence-electron chi connectivity index (χ4n) is 2.93. The maximum atomic E-state index is 12.8. The Hall–Kier alpha value is -2.28. The summed E-state index contributed by atoms with van der Waals surface area (Å²) in [7, 11) is 0. The lowest BCUT2D eigenvalue weighted by atomic mass is 10.1. The molecule has 24 heavy (non-hydrogen) atoms. The first-order chi connectivity index (χ1) is 11.6. The van der Waals surface area contributed by atoms with E-state index in [1.807, 2.05) is 31.5 Å². The monoisotopic (exact) mass is 329 g/mol. The summed E-state index contributed by atoms with van der Waals surface area (Å²) in [6, 6.07) is 2.01. The minimum absolute atomic E-state index is 0.177. The molecule has 2 aromatic rings. The van der Waals surface area contributed by atoms with Gasteiger partial charge in [0.2, 0.25) is 0 Å². The SMILES string of the molecule is Cc1cc(C(=O)Nc2nccnc2C(C)C)n(C2CCOCC2)n1. The lowest BCUT2D eigenvalue weighted by molar-refractivity contribution is 0.0646. The molecule has 1 amide bonds. The Morgan fingerprint density at radius 3 is 2.71 bits per heavy atom. The van der Waals surface area contributed by atoms with Crippen LogP contribution in [0.2, 0.25) is 0 Å². The van der Waals surface area contributed by atoms with E-state index in [2.05, 4.69) is 20.4 Å². The van der Waals surface area contributed by atoms with Crippen LogP contribution >= 0.6 is 0 Å². The molecule has 128 valence electrons. The summed E-state index contributed by atoms with van der Waals surface area (Å²) in [5.74, 6) is 0.482. The molecule has 0 aromatic carbocycles. The third-order valence-corrected chi connectivity index (χ3v) is 4.13. The fraction of sp³-hybridized carbons (Fsp3) is 0.529. The molecule has 0 unspecified atom stereocenters. The highest BCUT2D eigenvalue weighted by atomic mass is 16.5. The molecule has 7 nitrogen and oxygen atoms in total. The molecule has 2 aromatic heterocycles. The Balaban J connectivity index is 1.86. The second-order valence-electron chi connectivity index (χ2n) is 6.36. The number of anilines is 1. The van der Waals surface area contributed by atoms with E-state index in [0.29, 0.717) is 24.7 Å². The maximum Gasteiger partial charge on any atom is 0.275 e. The van der Waals surface area contributed by atoms with Gasteiger partial charge in [-0.3, -0.25) is 14.5 Å². The van der Waals surface area contributed by atoms with Gasteiger partial charge in [0.25, 0.3) is 5.91 Å². The van der Waals surface area contributed by atoms with Crippen LogP contribution in [0, 0.1) is 6.92 Å². The van der Waals surface area contributed by atoms with Gasteiger partial charge in [0.1, 0.15) is 5.69 Å². The fourth-order valence-corrected chi connectivity index (χ4v) is 2.93. The highest BCUT2D eigenvalue weighted by Gasteiger charge is 2.24. The number of ether oxygens (including phenoxy) is 1. The Morgan fingerprint density at radius 2 is 2.00 bits per heavy atom. The Morgan fingerprint density at radius 1 is 1.29 bits per heavy atom. The van der Waals surface area contributed by atoms with E-state index in [0.717, 1.165) is 24.2 Å². The number of aromatic nitrogens is 4. The van der Waals surface area contributed by atoms with Gasteiger partial charge in [-0.1, -0.05) is 13.8 Å². The van der Waals surface area contributed by atoms with Crippen molar-refractivity contribution in [3.8, 4) is 0 Å². The second-order valence-corrected chi connectivity index (χ2v) is 6.36. The topological polar surface area (TPSA) is 81.9 Å². The Kier molecular flexibility index (Phi) is 4.89. The molecule has 7 heteroatoms. The van der Waals surface area contributed by atoms with Crippen molar-refractivity contribution in [3.05, 3.63) is 35.5 Å². The summed E-state index contributed by atoms with van der Waals surface area (Å²) in [6.45, 7) is 7.35. The van der Waals surface area contributed by atoms with Crippen molar-refractivity contribution < 1.29 is 9.53 Å². The van der Waals surface area contributed by atoms with E-state index in [-0.39, 0.29) is 17.9 Å². The standard InChI is InChI=1S/C17H23N5O2/c1-11(2)15-16(19-7-6-18-15)20-17(23)14-10-12(3)21-22(14)13-4-8-24-9-5-13/h6-7,10-11,13H,4-5,8-9H2,1-3H3,(H,19,20,23). The average molecular weight is 329 g/mol. The minimum Gasteiger partial charge on any atom is -0.381 e. The maximum absolute atomic E-state index is 12.8. The Labute approximate surface area is 141 Å². The average Bonchev–Trinajstić information content (AvgIpc) is 2.98. The number of hydrogen-bond acceptors (Lipinski definition) is 5. The van der Waals surface area contributed by atoms with Gasteiger partial charge in [0.05, 0.1) is 17.4 Å². The van der Waals surface area contributed by atoms with Crippen molar-refractivity contribution >= 4 is 11.7 Å². The normalized spacial score (nSPS) is 15.7. The molecule has 0 spiro atoms. The van der Waals surface area contributed by atoms with Crippen LogP contribution in [0.3, 0.4) is 0 Å². The largest absolute Gasteiger partial charge is 0.381 e. The van der Waals surface area contributed by atoms with Gasteiger partial charge in [0, 0.05) is 25.6 Å². The molecular weight excluding hydrogens is 306 g/mol. The summed E-state index contributed by atoms with van der Waals surface area (Å²) >= 11 is 0. The zero-order chi connectivity index (χ0) is 17.1. The van der Waals surface area contributed by atoms with Gasteiger partial charge in [-0.15, -0.1) is 0 Å². The lowest BCUT2D eigenvalue weighted by Gasteiger charge is -2.24. The first-order valence-corrected chi connectivity index (χ1v) is 8.32. The molecule has 0 saturated carbocycles. The van der Waals surface area contributed by atoms with E-state index >= 15 is 0 Å². The smallest absolute Gasteiger partial charge is 0.275 e. The second kappa shape index (κ2) is 7.09. The highest BCUT2D eigenvalue weighted by Crippen LogP contribution is 2.24. The van der Waals surface area contributed by atoms with E-state index in [4.69, 9.17) is 4.74 Å². The van der Waals surface area contributed by atoms with Crippen molar-refractivity contribution in [2.75, 3.05) is 18.5 Å². The van der Waals surface area contributed by atoms with Crippen molar-refractivity contribution in [1.82, 2.24) is 19.7 Å². The minimum atomic E-state index is -0.204. The number of aryl methyl sites for hydroxylation is 1. The van der Waals surface area contributed by atoms with Crippen molar-refractivity contribution in [2.24, 2.45) is 0 Å². The molecule has 1 saturated heterocycles. The first-order valence-electron chi connectivity index (χ1n) is 8.32. The van der Waals surface area contributed by atoms with Gasteiger partial charge in [-0.05, 0) is 31.7 Å². The van der Waals surface area contributed by atoms with Gasteiger partial charge in [-0.2, -0.15) is 5.10 Å². The highest BCUT2D eigenvalue weighted by molar-refractivity contribution is 6.03. The molecule has 3 heterocycles. The predicted octanol–water partition coefficient (Wildman–Crippen LogP) is 2.71. The summed E-state index contributed by atoms with van der Waals surface area (Å²) in [5, 5.41) is 7.42. The van der Waals surface area contributed by atoms with Gasteiger partial charge >= 0.3 is 0 Å². The van der Waals surface area contributed by atoms with Crippen LogP contribution in [-0.4, -0.2) is 38.9 Å². The van der Waals surface area contributed by atoms with Gasteiger partial charge < -0.3 is 10.1 Å². The molecule has 1 fully saturated rings. The van der Waals surface area contributed by atoms with Crippen LogP contribution in [0.4, 0.5) is 5.82 Å². The van der Waals surface area contributed by atoms with E-state index in [1.54, 1.807) is 12.4 Å². The van der Waals surface area contributed by atoms with Gasteiger partial charge in [0.15, 0.2) is 5.82 Å². The first kappa shape index (κ1) is 16.6. The van der Waals surface area contributed by atoms with Gasteiger partial charge in [-0.25, -0.2) is 4.98 Å². The van der Waals surface area contributed by atoms with Crippen LogP contribution in [0.25, 0.3) is 0 Å². The van der Waals surface area contributed by atoms with Crippen LogP contribution in [0.5, 0.6) is 0 Å². The lowest BCUT2D eigenvalue weighted by Crippen LogP contribution is -2.26. The molecule has 0 aliphatic carbocycles. The zero-order valence-electron chi connectivity index (χ0n) is 14.3. The number of nitrogens with zero attached hydrogens (tertiary/aromatic N) is 4. The van der Waals surface area contributed by atoms with Crippen LogP contribution < -0.4 is 5.32 Å². The number of carbonyl (C=O) groups is 1. The number of hydrogen-bond donors (Lipinski definition) is 1. The quantitative estimate of drug-likeness (QED) is 0.932. The van der Waals surface area contributed by atoms with E-state index in [9.17, 15) is 4.79 Å². The molecule has 0 bridgehead atoms. The van der Waals surface area contributed by atoms with Crippen LogP contribution in [0.1, 0.15) is 60.5 Å². The molecule has 1 N–H and O–H groups in total. The molecule has 1 aliphatic rings. The summed E-state index contributed by atoms with van der Waals surface area (Å²) < 4.78 is 7.24. The number of rotatable bonds is 4. The number of nitrogens with one attached hydrogen (secondary N) is 1. The van der Waals surface area contributed by atoms with Crippen LogP contribution in [-0.2, 0) is 4.74 Å². The van der Waals surface area contributed by atoms with Crippen molar-refractivity contribution in [1.29, 1.82) is 0 Å². The van der Waals surface area contributed by atoms with Crippen molar-refractivity contribution in [3.63, 3.8) is 0 Å². The zero-order valence-corrected chi connectivity index (χ0v) is 14.3. The number of carbonyl (C=O) groups excluding carboxylic acids is 1. The molecule has 3 rings (SSSR count). The molecule has 1 aliphatic heterocycles. The van der Waals surface area contributed by atoms with Crippen LogP contribution in [0.15, 0.2) is 18.5 Å². The third-order valence-electron chi connectivity index (χ3n) is 4.13. The summed E-state index contributed by atoms with van der Waals surface area (Å²) in [5.41, 5.74) is 2.16. The summed E-state index contributed by atoms with van der Waals surface area (Å²) in [6.07, 6.45) is 4.96. The van der Waals surface area contributed by atoms with Crippen molar-refractivity contribution in [2.45, 2.75) is 45.6 Å². The molecular formula is C17H23N5O2. The number of amides is 1. The van der Waals surface area contributed by atoms with E-state index in [1.165, 1.54) is 0 Å². The predicted molar refractivity (Wildman–Crippen MR) is 90.1 cm³/mol. The van der Waals surface area contributed by atoms with E-state index < -0.39 is 0 Å². The summed E-state index contributed by atoms with van der Waals surface area (Å²) in [4.78, 5) is 21.4. The Bertz CT molecular complexity index is 720. The molecule has 0 radical (unpaired) electrons.